The van der Waals surface area contributed by atoms with Crippen molar-refractivity contribution in [3.05, 3.63) is 29.6 Å². The Bertz CT molecular complexity index is 405. The Morgan fingerprint density at radius 2 is 1.94 bits per heavy atom. The number of rotatable bonds is 6. The fourth-order valence-electron chi connectivity index (χ4n) is 1.60. The van der Waals surface area contributed by atoms with Gasteiger partial charge in [-0.15, -0.1) is 0 Å². The lowest BCUT2D eigenvalue weighted by Gasteiger charge is -2.21. The number of carbonyl (C=O) groups is 1. The number of aliphatic hydroxyl groups excluding tert-OH is 2. The van der Waals surface area contributed by atoms with Crippen LogP contribution in [0.25, 0.3) is 0 Å². The largest absolute Gasteiger partial charge is 0.496 e. The molecule has 0 aliphatic heterocycles. The van der Waals surface area contributed by atoms with Crippen molar-refractivity contribution in [1.29, 1.82) is 0 Å². The molecule has 5 nitrogen and oxygen atoms in total. The van der Waals surface area contributed by atoms with Crippen LogP contribution >= 0.6 is 0 Å². The maximum atomic E-state index is 13.7. The second-order valence-corrected chi connectivity index (χ2v) is 3.56. The molecule has 2 N–H and O–H groups in total. The van der Waals surface area contributed by atoms with E-state index in [4.69, 9.17) is 14.9 Å². The molecule has 0 unspecified atom stereocenters. The molecule has 0 aliphatic carbocycles. The van der Waals surface area contributed by atoms with Gasteiger partial charge < -0.3 is 19.8 Å². The third-order valence-corrected chi connectivity index (χ3v) is 2.44. The van der Waals surface area contributed by atoms with Gasteiger partial charge in [0.05, 0.1) is 20.3 Å². The van der Waals surface area contributed by atoms with E-state index in [1.54, 1.807) is 0 Å². The number of methoxy groups -OCH3 is 1. The number of amides is 1. The summed E-state index contributed by atoms with van der Waals surface area (Å²) in [6.07, 6.45) is 0. The van der Waals surface area contributed by atoms with Crippen LogP contribution in [0.4, 0.5) is 4.39 Å². The minimum atomic E-state index is -0.694. The summed E-state index contributed by atoms with van der Waals surface area (Å²) in [5, 5.41) is 17.7. The zero-order valence-corrected chi connectivity index (χ0v) is 10.1. The summed E-state index contributed by atoms with van der Waals surface area (Å²) in [6, 6.07) is 4.07. The third-order valence-electron chi connectivity index (χ3n) is 2.44. The highest BCUT2D eigenvalue weighted by Gasteiger charge is 2.22. The smallest absolute Gasteiger partial charge is 0.260 e. The highest BCUT2D eigenvalue weighted by Crippen LogP contribution is 2.22. The van der Waals surface area contributed by atoms with Crippen LogP contribution < -0.4 is 4.74 Å². The average Bonchev–Trinajstić information content (AvgIpc) is 2.37. The van der Waals surface area contributed by atoms with Gasteiger partial charge in [-0.05, 0) is 12.1 Å². The fraction of sp³-hybridized carbons (Fsp3) is 0.417. The molecule has 0 spiro atoms. The lowest BCUT2D eigenvalue weighted by atomic mass is 10.1. The molecule has 0 aromatic heterocycles. The van der Waals surface area contributed by atoms with Crippen molar-refractivity contribution in [3.8, 4) is 5.75 Å². The van der Waals surface area contributed by atoms with Crippen LogP contribution in [-0.2, 0) is 0 Å². The van der Waals surface area contributed by atoms with Crippen molar-refractivity contribution in [2.24, 2.45) is 0 Å². The van der Waals surface area contributed by atoms with E-state index in [0.717, 1.165) is 6.07 Å². The Balaban J connectivity index is 3.07. The third kappa shape index (κ3) is 3.18. The predicted molar refractivity (Wildman–Crippen MR) is 63.0 cm³/mol. The molecule has 6 heteroatoms. The molecule has 0 heterocycles. The van der Waals surface area contributed by atoms with Gasteiger partial charge in [-0.2, -0.15) is 0 Å². The van der Waals surface area contributed by atoms with Crippen molar-refractivity contribution in [1.82, 2.24) is 4.90 Å². The van der Waals surface area contributed by atoms with Gasteiger partial charge in [0, 0.05) is 13.1 Å². The van der Waals surface area contributed by atoms with Crippen LogP contribution in [0.3, 0.4) is 0 Å². The summed E-state index contributed by atoms with van der Waals surface area (Å²) in [6.45, 7) is -0.473. The number of hydrogen-bond donors (Lipinski definition) is 2. The molecule has 0 fully saturated rings. The maximum Gasteiger partial charge on any atom is 0.260 e. The second-order valence-electron chi connectivity index (χ2n) is 3.56. The van der Waals surface area contributed by atoms with Gasteiger partial charge >= 0.3 is 0 Å². The molecule has 0 saturated carbocycles. The molecular weight excluding hydrogens is 241 g/mol. The van der Waals surface area contributed by atoms with Gasteiger partial charge in [-0.1, -0.05) is 6.07 Å². The van der Waals surface area contributed by atoms with Crippen LogP contribution in [0.15, 0.2) is 18.2 Å². The molecular formula is C12H16FNO4. The van der Waals surface area contributed by atoms with Crippen molar-refractivity contribution >= 4 is 5.91 Å². The molecule has 0 aliphatic rings. The number of nitrogens with zero attached hydrogens (tertiary/aromatic N) is 1. The summed E-state index contributed by atoms with van der Waals surface area (Å²) in [7, 11) is 1.34. The minimum absolute atomic E-state index is 0.0247. The summed E-state index contributed by atoms with van der Waals surface area (Å²) in [4.78, 5) is 13.3. The molecule has 1 aromatic carbocycles. The highest BCUT2D eigenvalue weighted by molar-refractivity contribution is 5.97. The number of aliphatic hydroxyl groups is 2. The number of hydrogen-bond acceptors (Lipinski definition) is 4. The number of halogens is 1. The van der Waals surface area contributed by atoms with Crippen LogP contribution in [-0.4, -0.2) is 54.4 Å². The van der Waals surface area contributed by atoms with Crippen LogP contribution in [0, 0.1) is 5.82 Å². The lowest BCUT2D eigenvalue weighted by Crippen LogP contribution is -2.36. The number of benzene rings is 1. The van der Waals surface area contributed by atoms with E-state index < -0.39 is 11.7 Å². The van der Waals surface area contributed by atoms with Crippen molar-refractivity contribution < 1.29 is 24.1 Å². The molecule has 1 amide bonds. The maximum absolute atomic E-state index is 13.7. The Hall–Kier alpha value is -1.66. The average molecular weight is 257 g/mol. The number of ether oxygens (including phenoxy) is 1. The monoisotopic (exact) mass is 257 g/mol. The molecule has 0 bridgehead atoms. The van der Waals surface area contributed by atoms with Gasteiger partial charge in [0.2, 0.25) is 0 Å². The van der Waals surface area contributed by atoms with Crippen LogP contribution in [0.2, 0.25) is 0 Å². The highest BCUT2D eigenvalue weighted by atomic mass is 19.1. The zero-order valence-electron chi connectivity index (χ0n) is 10.1. The van der Waals surface area contributed by atoms with Crippen molar-refractivity contribution in [3.63, 3.8) is 0 Å². The zero-order chi connectivity index (χ0) is 13.5. The van der Waals surface area contributed by atoms with E-state index in [1.807, 2.05) is 0 Å². The molecule has 18 heavy (non-hydrogen) atoms. The normalized spacial score (nSPS) is 10.2. The Morgan fingerprint density at radius 3 is 2.44 bits per heavy atom. The SMILES string of the molecule is COc1cccc(F)c1C(=O)N(CCO)CCO. The van der Waals surface area contributed by atoms with Gasteiger partial charge in [0.1, 0.15) is 17.1 Å². The van der Waals surface area contributed by atoms with Crippen LogP contribution in [0.5, 0.6) is 5.75 Å². The van der Waals surface area contributed by atoms with Gasteiger partial charge in [0.15, 0.2) is 0 Å². The Kier molecular flexibility index (Phi) is 5.54. The first kappa shape index (κ1) is 14.4. The van der Waals surface area contributed by atoms with E-state index >= 15 is 0 Å². The number of carbonyl (C=O) groups excluding carboxylic acids is 1. The fourth-order valence-corrected chi connectivity index (χ4v) is 1.60. The second kappa shape index (κ2) is 6.93. The quantitative estimate of drug-likeness (QED) is 0.767. The van der Waals surface area contributed by atoms with Crippen LogP contribution in [0.1, 0.15) is 10.4 Å². The standard InChI is InChI=1S/C12H16FNO4/c1-18-10-4-2-3-9(13)11(10)12(17)14(5-7-15)6-8-16/h2-4,15-16H,5-8H2,1H3. The molecule has 100 valence electrons. The minimum Gasteiger partial charge on any atom is -0.496 e. The van der Waals surface area contributed by atoms with Crippen molar-refractivity contribution in [2.75, 3.05) is 33.4 Å². The van der Waals surface area contributed by atoms with Crippen molar-refractivity contribution in [2.45, 2.75) is 0 Å². The first-order valence-corrected chi connectivity index (χ1v) is 5.49. The van der Waals surface area contributed by atoms with E-state index in [0.29, 0.717) is 0 Å². The van der Waals surface area contributed by atoms with E-state index in [2.05, 4.69) is 0 Å². The Morgan fingerprint density at radius 1 is 1.33 bits per heavy atom. The summed E-state index contributed by atoms with van der Waals surface area (Å²) >= 11 is 0. The van der Waals surface area contributed by atoms with Gasteiger partial charge in [0.25, 0.3) is 5.91 Å². The van der Waals surface area contributed by atoms with E-state index in [9.17, 15) is 9.18 Å². The predicted octanol–water partition coefficient (Wildman–Crippen LogP) is 0.261. The molecule has 0 atom stereocenters. The molecule has 0 saturated heterocycles. The summed E-state index contributed by atoms with van der Waals surface area (Å²) in [5.41, 5.74) is -0.193. The van der Waals surface area contributed by atoms with E-state index in [1.165, 1.54) is 24.1 Å². The van der Waals surface area contributed by atoms with Gasteiger partial charge in [-0.25, -0.2) is 4.39 Å². The lowest BCUT2D eigenvalue weighted by molar-refractivity contribution is 0.0676. The first-order chi connectivity index (χ1) is 8.65. The van der Waals surface area contributed by atoms with E-state index in [-0.39, 0.29) is 37.6 Å². The topological polar surface area (TPSA) is 70.0 Å². The summed E-state index contributed by atoms with van der Waals surface area (Å²) < 4.78 is 18.6. The van der Waals surface area contributed by atoms with Gasteiger partial charge in [-0.3, -0.25) is 4.79 Å². The Labute approximate surface area is 104 Å². The molecule has 0 radical (unpaired) electrons. The summed E-state index contributed by atoms with van der Waals surface area (Å²) in [5.74, 6) is -1.19. The molecule has 1 aromatic rings. The molecule has 1 rings (SSSR count). The first-order valence-electron chi connectivity index (χ1n) is 5.49.